The third kappa shape index (κ3) is 6.15. The van der Waals surface area contributed by atoms with Crippen LogP contribution >= 0.6 is 11.8 Å². The second kappa shape index (κ2) is 11.0. The first-order valence-electron chi connectivity index (χ1n) is 9.35. The maximum Gasteiger partial charge on any atom is 0.294 e. The summed E-state index contributed by atoms with van der Waals surface area (Å²) in [5.74, 6) is -0.185. The lowest BCUT2D eigenvalue weighted by atomic mass is 10.2. The fraction of sp³-hybridized carbons (Fsp3) is 0.429. The van der Waals surface area contributed by atoms with Crippen molar-refractivity contribution in [3.8, 4) is 0 Å². The Balaban J connectivity index is 1.99. The van der Waals surface area contributed by atoms with E-state index in [2.05, 4.69) is 18.7 Å². The number of benzene rings is 1. The summed E-state index contributed by atoms with van der Waals surface area (Å²) in [6, 6.07) is 9.89. The maximum absolute atomic E-state index is 12.6. The molecule has 0 aromatic heterocycles. The summed E-state index contributed by atoms with van der Waals surface area (Å²) in [7, 11) is 0. The SMILES string of the molecule is CCCCN(CCCC)CN1C(=O)SC(=CC=Cc2ccccc2)C1=O. The molecule has 5 heteroatoms. The number of allylic oxidation sites excluding steroid dienone is 2. The van der Waals surface area contributed by atoms with Gasteiger partial charge in [0.15, 0.2) is 0 Å². The van der Waals surface area contributed by atoms with Crippen LogP contribution in [0.5, 0.6) is 0 Å². The van der Waals surface area contributed by atoms with Crippen LogP contribution in [0.3, 0.4) is 0 Å². The number of hydrogen-bond acceptors (Lipinski definition) is 4. The second-order valence-electron chi connectivity index (χ2n) is 6.37. The summed E-state index contributed by atoms with van der Waals surface area (Å²) in [6.07, 6.45) is 9.87. The number of thioether (sulfide) groups is 1. The van der Waals surface area contributed by atoms with Crippen molar-refractivity contribution >= 4 is 29.0 Å². The molecule has 1 saturated heterocycles. The molecule has 0 N–H and O–H groups in total. The van der Waals surface area contributed by atoms with Gasteiger partial charge in [-0.15, -0.1) is 0 Å². The van der Waals surface area contributed by atoms with E-state index < -0.39 is 0 Å². The predicted molar refractivity (Wildman–Crippen MR) is 110 cm³/mol. The van der Waals surface area contributed by atoms with Gasteiger partial charge in [0.05, 0.1) is 11.6 Å². The minimum Gasteiger partial charge on any atom is -0.286 e. The third-order valence-electron chi connectivity index (χ3n) is 4.21. The maximum atomic E-state index is 12.6. The van der Waals surface area contributed by atoms with Crippen LogP contribution in [0.15, 0.2) is 47.4 Å². The molecule has 140 valence electrons. The van der Waals surface area contributed by atoms with Gasteiger partial charge < -0.3 is 0 Å². The van der Waals surface area contributed by atoms with E-state index in [9.17, 15) is 9.59 Å². The molecule has 4 nitrogen and oxygen atoms in total. The van der Waals surface area contributed by atoms with Crippen molar-refractivity contribution in [3.05, 3.63) is 53.0 Å². The summed E-state index contributed by atoms with van der Waals surface area (Å²) in [4.78, 5) is 29.0. The van der Waals surface area contributed by atoms with Crippen LogP contribution in [0, 0.1) is 0 Å². The van der Waals surface area contributed by atoms with E-state index in [1.807, 2.05) is 42.5 Å². The van der Waals surface area contributed by atoms with E-state index in [0.717, 1.165) is 56.1 Å². The van der Waals surface area contributed by atoms with Crippen LogP contribution < -0.4 is 0 Å². The molecular weight excluding hydrogens is 344 g/mol. The Morgan fingerprint density at radius 2 is 1.69 bits per heavy atom. The topological polar surface area (TPSA) is 40.6 Å². The zero-order valence-corrected chi connectivity index (χ0v) is 16.5. The molecule has 1 fully saturated rings. The van der Waals surface area contributed by atoms with Gasteiger partial charge in [-0.05, 0) is 49.3 Å². The minimum atomic E-state index is -0.185. The van der Waals surface area contributed by atoms with Gasteiger partial charge in [0.2, 0.25) is 0 Å². The van der Waals surface area contributed by atoms with Gasteiger partial charge in [-0.3, -0.25) is 19.4 Å². The van der Waals surface area contributed by atoms with Gasteiger partial charge in [-0.1, -0.05) is 69.2 Å². The van der Waals surface area contributed by atoms with Gasteiger partial charge in [0.1, 0.15) is 0 Å². The van der Waals surface area contributed by atoms with E-state index in [1.54, 1.807) is 6.08 Å². The molecule has 2 rings (SSSR count). The molecule has 0 atom stereocenters. The molecule has 1 aliphatic rings. The normalized spacial score (nSPS) is 16.6. The van der Waals surface area contributed by atoms with Gasteiger partial charge in [-0.2, -0.15) is 0 Å². The average Bonchev–Trinajstić information content (AvgIpc) is 2.92. The smallest absolute Gasteiger partial charge is 0.286 e. The number of carbonyl (C=O) groups excluding carboxylic acids is 2. The lowest BCUT2D eigenvalue weighted by molar-refractivity contribution is -0.124. The van der Waals surface area contributed by atoms with Crippen LogP contribution in [-0.2, 0) is 4.79 Å². The molecule has 0 saturated carbocycles. The monoisotopic (exact) mass is 372 g/mol. The van der Waals surface area contributed by atoms with Crippen molar-refractivity contribution in [2.45, 2.75) is 39.5 Å². The molecule has 1 heterocycles. The van der Waals surface area contributed by atoms with Crippen molar-refractivity contribution < 1.29 is 9.59 Å². The second-order valence-corrected chi connectivity index (χ2v) is 7.36. The Bertz CT molecular complexity index is 647. The lowest BCUT2D eigenvalue weighted by Gasteiger charge is -2.25. The molecular formula is C21H28N2O2S. The molecule has 1 aromatic rings. The molecule has 0 spiro atoms. The molecule has 2 amide bonds. The quantitative estimate of drug-likeness (QED) is 0.533. The first kappa shape index (κ1) is 20.5. The van der Waals surface area contributed by atoms with E-state index in [0.29, 0.717) is 11.6 Å². The van der Waals surface area contributed by atoms with E-state index in [4.69, 9.17) is 0 Å². The fourth-order valence-corrected chi connectivity index (χ4v) is 3.45. The first-order valence-corrected chi connectivity index (χ1v) is 10.2. The van der Waals surface area contributed by atoms with Crippen LogP contribution in [0.1, 0.15) is 45.1 Å². The zero-order valence-electron chi connectivity index (χ0n) is 15.7. The van der Waals surface area contributed by atoms with Gasteiger partial charge >= 0.3 is 0 Å². The average molecular weight is 373 g/mol. The van der Waals surface area contributed by atoms with E-state index in [-0.39, 0.29) is 11.1 Å². The van der Waals surface area contributed by atoms with Crippen molar-refractivity contribution in [1.29, 1.82) is 0 Å². The lowest BCUT2D eigenvalue weighted by Crippen LogP contribution is -2.41. The highest BCUT2D eigenvalue weighted by Gasteiger charge is 2.35. The summed E-state index contributed by atoms with van der Waals surface area (Å²) in [5.41, 5.74) is 1.06. The summed E-state index contributed by atoms with van der Waals surface area (Å²) < 4.78 is 0. The highest BCUT2D eigenvalue weighted by molar-refractivity contribution is 8.18. The summed E-state index contributed by atoms with van der Waals surface area (Å²) in [5, 5.41) is -0.174. The Labute approximate surface area is 160 Å². The highest BCUT2D eigenvalue weighted by Crippen LogP contribution is 2.30. The Hall–Kier alpha value is -1.85. The number of rotatable bonds is 10. The van der Waals surface area contributed by atoms with Crippen molar-refractivity contribution in [1.82, 2.24) is 9.80 Å². The Morgan fingerprint density at radius 1 is 1.04 bits per heavy atom. The van der Waals surface area contributed by atoms with Crippen LogP contribution in [-0.4, -0.2) is 40.7 Å². The fourth-order valence-electron chi connectivity index (χ4n) is 2.66. The van der Waals surface area contributed by atoms with Crippen molar-refractivity contribution in [3.63, 3.8) is 0 Å². The van der Waals surface area contributed by atoms with E-state index >= 15 is 0 Å². The first-order chi connectivity index (χ1) is 12.7. The summed E-state index contributed by atoms with van der Waals surface area (Å²) >= 11 is 1.03. The largest absolute Gasteiger partial charge is 0.294 e. The van der Waals surface area contributed by atoms with Gasteiger partial charge in [0.25, 0.3) is 11.1 Å². The van der Waals surface area contributed by atoms with Crippen molar-refractivity contribution in [2.24, 2.45) is 0 Å². The van der Waals surface area contributed by atoms with Gasteiger partial charge in [0, 0.05) is 0 Å². The molecule has 1 aliphatic heterocycles. The van der Waals surface area contributed by atoms with Crippen LogP contribution in [0.2, 0.25) is 0 Å². The number of unbranched alkanes of at least 4 members (excludes halogenated alkanes) is 2. The number of nitrogens with zero attached hydrogens (tertiary/aromatic N) is 2. The number of amides is 2. The highest BCUT2D eigenvalue weighted by atomic mass is 32.2. The molecule has 0 aliphatic carbocycles. The molecule has 26 heavy (non-hydrogen) atoms. The zero-order chi connectivity index (χ0) is 18.8. The third-order valence-corrected chi connectivity index (χ3v) is 5.13. The van der Waals surface area contributed by atoms with Crippen LogP contribution in [0.25, 0.3) is 6.08 Å². The number of hydrogen-bond donors (Lipinski definition) is 0. The molecule has 0 unspecified atom stereocenters. The summed E-state index contributed by atoms with van der Waals surface area (Å²) in [6.45, 7) is 6.54. The molecule has 0 radical (unpaired) electrons. The number of imide groups is 1. The Kier molecular flexibility index (Phi) is 8.65. The minimum absolute atomic E-state index is 0.174. The Morgan fingerprint density at radius 3 is 2.31 bits per heavy atom. The van der Waals surface area contributed by atoms with Gasteiger partial charge in [-0.25, -0.2) is 0 Å². The standard InChI is InChI=1S/C21H28N2O2S/c1-3-5-15-22(16-6-4-2)17-23-20(24)19(26-21(23)25)14-10-13-18-11-8-7-9-12-18/h7-14H,3-6,15-17H2,1-2H3. The van der Waals surface area contributed by atoms with Crippen molar-refractivity contribution in [2.75, 3.05) is 19.8 Å². The van der Waals surface area contributed by atoms with E-state index in [1.165, 1.54) is 4.90 Å². The molecule has 1 aromatic carbocycles. The number of carbonyl (C=O) groups is 2. The van der Waals surface area contributed by atoms with Crippen LogP contribution in [0.4, 0.5) is 4.79 Å². The molecule has 0 bridgehead atoms. The predicted octanol–water partition coefficient (Wildman–Crippen LogP) is 5.14.